The Bertz CT molecular complexity index is 487. The van der Waals surface area contributed by atoms with E-state index in [0.29, 0.717) is 17.7 Å². The van der Waals surface area contributed by atoms with Crippen LogP contribution in [0.4, 0.5) is 0 Å². The molecule has 0 aliphatic heterocycles. The largest absolute Gasteiger partial charge is 0.351 e. The molecule has 0 bridgehead atoms. The van der Waals surface area contributed by atoms with Crippen LogP contribution in [-0.4, -0.2) is 43.8 Å². The van der Waals surface area contributed by atoms with E-state index in [9.17, 15) is 9.59 Å². The van der Waals surface area contributed by atoms with Gasteiger partial charge in [-0.25, -0.2) is 0 Å². The highest BCUT2D eigenvalue weighted by molar-refractivity contribution is 6.09. The van der Waals surface area contributed by atoms with Crippen LogP contribution in [0.3, 0.4) is 0 Å². The maximum absolute atomic E-state index is 12.4. The van der Waals surface area contributed by atoms with Crippen LogP contribution < -0.4 is 5.32 Å². The summed E-state index contributed by atoms with van der Waals surface area (Å²) >= 11 is 0. The lowest BCUT2D eigenvalue weighted by Crippen LogP contribution is -2.33. The van der Waals surface area contributed by atoms with Crippen molar-refractivity contribution in [1.82, 2.24) is 10.2 Å². The van der Waals surface area contributed by atoms with Crippen LogP contribution in [-0.2, 0) is 0 Å². The summed E-state index contributed by atoms with van der Waals surface area (Å²) in [4.78, 5) is 26.6. The van der Waals surface area contributed by atoms with E-state index in [4.69, 9.17) is 0 Å². The van der Waals surface area contributed by atoms with E-state index < -0.39 is 5.41 Å². The van der Waals surface area contributed by atoms with Crippen molar-refractivity contribution < 1.29 is 9.59 Å². The minimum Gasteiger partial charge on any atom is -0.351 e. The zero-order valence-corrected chi connectivity index (χ0v) is 13.0. The topological polar surface area (TPSA) is 49.4 Å². The highest BCUT2D eigenvalue weighted by Gasteiger charge is 2.26. The molecule has 1 aromatic carbocycles. The Balaban J connectivity index is 2.90. The fourth-order valence-electron chi connectivity index (χ4n) is 1.77. The quantitative estimate of drug-likeness (QED) is 0.839. The summed E-state index contributed by atoms with van der Waals surface area (Å²) in [5.74, 6) is -0.212. The normalized spacial score (nSPS) is 11.5. The number of hydrogen-bond acceptors (Lipinski definition) is 3. The Labute approximate surface area is 121 Å². The monoisotopic (exact) mass is 276 g/mol. The molecule has 0 aliphatic rings. The molecule has 0 spiro atoms. The number of nitrogens with zero attached hydrogens (tertiary/aromatic N) is 1. The van der Waals surface area contributed by atoms with E-state index in [0.717, 1.165) is 6.54 Å². The molecule has 0 aliphatic carbocycles. The lowest BCUT2D eigenvalue weighted by atomic mass is 9.84. The van der Waals surface area contributed by atoms with Crippen LogP contribution in [0, 0.1) is 5.41 Å². The number of benzene rings is 1. The van der Waals surface area contributed by atoms with Gasteiger partial charge >= 0.3 is 0 Å². The first-order chi connectivity index (χ1) is 9.23. The van der Waals surface area contributed by atoms with Crippen molar-refractivity contribution in [2.75, 3.05) is 27.2 Å². The van der Waals surface area contributed by atoms with Crippen molar-refractivity contribution in [3.63, 3.8) is 0 Å². The van der Waals surface area contributed by atoms with Crippen LogP contribution in [0.1, 0.15) is 41.5 Å². The van der Waals surface area contributed by atoms with Crippen LogP contribution >= 0.6 is 0 Å². The van der Waals surface area contributed by atoms with Gasteiger partial charge in [0, 0.05) is 24.1 Å². The molecule has 0 atom stereocenters. The van der Waals surface area contributed by atoms with E-state index >= 15 is 0 Å². The number of nitrogens with one attached hydrogen (secondary N) is 1. The summed E-state index contributed by atoms with van der Waals surface area (Å²) in [7, 11) is 3.90. The molecule has 110 valence electrons. The van der Waals surface area contributed by atoms with Crippen molar-refractivity contribution in [2.45, 2.75) is 20.8 Å². The number of Topliss-reactive ketones (excluding diaryl/α,β-unsaturated/α-hetero) is 1. The number of carbonyl (C=O) groups is 2. The number of rotatable bonds is 5. The van der Waals surface area contributed by atoms with Gasteiger partial charge in [-0.1, -0.05) is 39.0 Å². The van der Waals surface area contributed by atoms with E-state index in [-0.39, 0.29) is 11.7 Å². The minimum atomic E-state index is -0.500. The first-order valence-electron chi connectivity index (χ1n) is 6.80. The third-order valence-corrected chi connectivity index (χ3v) is 2.94. The van der Waals surface area contributed by atoms with Crippen LogP contribution in [0.2, 0.25) is 0 Å². The molecule has 20 heavy (non-hydrogen) atoms. The molecule has 1 rings (SSSR count). The number of carbonyl (C=O) groups excluding carboxylic acids is 2. The molecule has 0 heterocycles. The van der Waals surface area contributed by atoms with Crippen molar-refractivity contribution in [2.24, 2.45) is 5.41 Å². The second-order valence-corrected chi connectivity index (χ2v) is 6.18. The Hall–Kier alpha value is -1.68. The van der Waals surface area contributed by atoms with Gasteiger partial charge in [0.05, 0.1) is 5.56 Å². The van der Waals surface area contributed by atoms with Crippen molar-refractivity contribution in [1.29, 1.82) is 0 Å². The molecule has 0 aromatic heterocycles. The average Bonchev–Trinajstić information content (AvgIpc) is 2.36. The van der Waals surface area contributed by atoms with Gasteiger partial charge in [-0.3, -0.25) is 9.59 Å². The molecule has 1 aromatic rings. The fourth-order valence-corrected chi connectivity index (χ4v) is 1.77. The summed E-state index contributed by atoms with van der Waals surface area (Å²) in [6.45, 7) is 6.90. The summed E-state index contributed by atoms with van der Waals surface area (Å²) in [5, 5.41) is 2.84. The second-order valence-electron chi connectivity index (χ2n) is 6.18. The van der Waals surface area contributed by atoms with Crippen LogP contribution in [0.15, 0.2) is 24.3 Å². The molecule has 0 saturated heterocycles. The Morgan fingerprint density at radius 2 is 1.65 bits per heavy atom. The Morgan fingerprint density at radius 1 is 1.10 bits per heavy atom. The third kappa shape index (κ3) is 4.46. The summed E-state index contributed by atoms with van der Waals surface area (Å²) < 4.78 is 0. The number of likely N-dealkylation sites (N-methyl/N-ethyl adjacent to an activating group) is 1. The Morgan fingerprint density at radius 3 is 2.15 bits per heavy atom. The summed E-state index contributed by atoms with van der Waals surface area (Å²) in [5.41, 5.74) is 0.438. The van der Waals surface area contributed by atoms with E-state index in [1.165, 1.54) is 0 Å². The molecular formula is C16H24N2O2. The van der Waals surface area contributed by atoms with Gasteiger partial charge in [0.2, 0.25) is 0 Å². The van der Waals surface area contributed by atoms with Crippen LogP contribution in [0.25, 0.3) is 0 Å². The van der Waals surface area contributed by atoms with Gasteiger partial charge in [0.1, 0.15) is 0 Å². The zero-order chi connectivity index (χ0) is 15.3. The lowest BCUT2D eigenvalue weighted by Gasteiger charge is -2.19. The molecular weight excluding hydrogens is 252 g/mol. The standard InChI is InChI=1S/C16H24N2O2/c1-16(2,3)14(19)12-8-6-7-9-13(12)15(20)17-10-11-18(4)5/h6-9H,10-11H2,1-5H3,(H,17,20). The molecule has 4 heteroatoms. The SMILES string of the molecule is CN(C)CCNC(=O)c1ccccc1C(=O)C(C)(C)C. The molecule has 0 saturated carbocycles. The van der Waals surface area contributed by atoms with E-state index in [1.54, 1.807) is 24.3 Å². The van der Waals surface area contributed by atoms with Crippen molar-refractivity contribution in [3.8, 4) is 0 Å². The average molecular weight is 276 g/mol. The molecule has 1 N–H and O–H groups in total. The maximum Gasteiger partial charge on any atom is 0.252 e. The molecule has 0 unspecified atom stereocenters. The fraction of sp³-hybridized carbons (Fsp3) is 0.500. The van der Waals surface area contributed by atoms with Crippen molar-refractivity contribution >= 4 is 11.7 Å². The highest BCUT2D eigenvalue weighted by atomic mass is 16.2. The van der Waals surface area contributed by atoms with E-state index in [2.05, 4.69) is 5.32 Å². The molecule has 1 amide bonds. The van der Waals surface area contributed by atoms with Gasteiger partial charge in [-0.05, 0) is 20.2 Å². The highest BCUT2D eigenvalue weighted by Crippen LogP contribution is 2.23. The summed E-state index contributed by atoms with van der Waals surface area (Å²) in [6.07, 6.45) is 0. The first-order valence-corrected chi connectivity index (χ1v) is 6.80. The van der Waals surface area contributed by atoms with Crippen LogP contribution in [0.5, 0.6) is 0 Å². The number of hydrogen-bond donors (Lipinski definition) is 1. The lowest BCUT2D eigenvalue weighted by molar-refractivity contribution is 0.0847. The molecule has 0 radical (unpaired) electrons. The molecule has 4 nitrogen and oxygen atoms in total. The van der Waals surface area contributed by atoms with Gasteiger partial charge in [0.25, 0.3) is 5.91 Å². The maximum atomic E-state index is 12.4. The predicted molar refractivity (Wildman–Crippen MR) is 81.1 cm³/mol. The second kappa shape index (κ2) is 6.66. The van der Waals surface area contributed by atoms with E-state index in [1.807, 2.05) is 39.8 Å². The van der Waals surface area contributed by atoms with Gasteiger partial charge < -0.3 is 10.2 Å². The summed E-state index contributed by atoms with van der Waals surface area (Å²) in [6, 6.07) is 6.98. The number of ketones is 1. The third-order valence-electron chi connectivity index (χ3n) is 2.94. The molecule has 0 fully saturated rings. The predicted octanol–water partition coefficient (Wildman–Crippen LogP) is 2.21. The first kappa shape index (κ1) is 16.4. The minimum absolute atomic E-state index is 0.0177. The Kier molecular flexibility index (Phi) is 5.45. The van der Waals surface area contributed by atoms with Gasteiger partial charge in [-0.15, -0.1) is 0 Å². The van der Waals surface area contributed by atoms with Crippen molar-refractivity contribution in [3.05, 3.63) is 35.4 Å². The van der Waals surface area contributed by atoms with Gasteiger partial charge in [-0.2, -0.15) is 0 Å². The zero-order valence-electron chi connectivity index (χ0n) is 13.0. The smallest absolute Gasteiger partial charge is 0.252 e. The number of amides is 1. The van der Waals surface area contributed by atoms with Gasteiger partial charge in [0.15, 0.2) is 5.78 Å².